The fraction of sp³-hybridized carbons (Fsp3) is 0.938. The molecule has 0 radical (unpaired) electrons. The number of rotatable bonds is 7. The zero-order valence-electron chi connectivity index (χ0n) is 13.9. The molecule has 2 fully saturated rings. The fourth-order valence-corrected chi connectivity index (χ4v) is 3.14. The molecule has 1 heterocycles. The maximum absolute atomic E-state index is 12.4. The summed E-state index contributed by atoms with van der Waals surface area (Å²) in [6, 6.07) is 0.812. The Labute approximate surface area is 128 Å². The first-order valence-corrected chi connectivity index (χ1v) is 8.25. The van der Waals surface area contributed by atoms with E-state index in [0.29, 0.717) is 18.7 Å². The average Bonchev–Trinajstić information content (AvgIpc) is 3.22. The van der Waals surface area contributed by atoms with E-state index in [1.54, 1.807) is 0 Å². The molecule has 0 spiro atoms. The molecule has 5 heteroatoms. The third kappa shape index (κ3) is 4.66. The first-order valence-electron chi connectivity index (χ1n) is 8.25. The van der Waals surface area contributed by atoms with Crippen molar-refractivity contribution in [2.24, 2.45) is 0 Å². The van der Waals surface area contributed by atoms with E-state index < -0.39 is 5.54 Å². The van der Waals surface area contributed by atoms with Crippen LogP contribution in [0, 0.1) is 0 Å². The van der Waals surface area contributed by atoms with Gasteiger partial charge in [-0.25, -0.2) is 0 Å². The number of carbonyl (C=O) groups excluding carboxylic acids is 1. The van der Waals surface area contributed by atoms with Crippen LogP contribution in [-0.4, -0.2) is 60.9 Å². The van der Waals surface area contributed by atoms with Gasteiger partial charge in [0.25, 0.3) is 0 Å². The third-order valence-electron chi connectivity index (χ3n) is 4.43. The third-order valence-corrected chi connectivity index (χ3v) is 4.43. The quantitative estimate of drug-likeness (QED) is 0.723. The lowest BCUT2D eigenvalue weighted by Crippen LogP contribution is -2.56. The monoisotopic (exact) mass is 298 g/mol. The van der Waals surface area contributed by atoms with Crippen LogP contribution in [-0.2, 0) is 14.3 Å². The van der Waals surface area contributed by atoms with Crippen LogP contribution in [0.3, 0.4) is 0 Å². The highest BCUT2D eigenvalue weighted by Gasteiger charge is 2.41. The van der Waals surface area contributed by atoms with Crippen molar-refractivity contribution in [1.29, 1.82) is 0 Å². The highest BCUT2D eigenvalue weighted by molar-refractivity contribution is 5.80. The number of carbonyl (C=O) groups is 1. The van der Waals surface area contributed by atoms with Gasteiger partial charge >= 0.3 is 5.97 Å². The van der Waals surface area contributed by atoms with Gasteiger partial charge in [0, 0.05) is 25.2 Å². The highest BCUT2D eigenvalue weighted by Crippen LogP contribution is 2.27. The van der Waals surface area contributed by atoms with E-state index in [-0.39, 0.29) is 12.1 Å². The zero-order chi connectivity index (χ0) is 15.5. The smallest absolute Gasteiger partial charge is 0.326 e. The number of nitrogens with one attached hydrogen (secondary N) is 1. The number of ether oxygens (including phenoxy) is 2. The normalized spacial score (nSPS) is 27.9. The van der Waals surface area contributed by atoms with Crippen molar-refractivity contribution in [1.82, 2.24) is 10.2 Å². The second-order valence-electron chi connectivity index (χ2n) is 6.70. The Kier molecular flexibility index (Phi) is 5.63. The number of nitrogens with zero attached hydrogens (tertiary/aromatic N) is 1. The molecule has 0 bridgehead atoms. The van der Waals surface area contributed by atoms with Crippen LogP contribution in [0.15, 0.2) is 0 Å². The summed E-state index contributed by atoms with van der Waals surface area (Å²) in [7, 11) is 0. The van der Waals surface area contributed by atoms with Crippen molar-refractivity contribution >= 4 is 5.97 Å². The molecule has 0 aromatic carbocycles. The Morgan fingerprint density at radius 1 is 1.52 bits per heavy atom. The van der Waals surface area contributed by atoms with Gasteiger partial charge in [-0.15, -0.1) is 0 Å². The first-order chi connectivity index (χ1) is 9.94. The van der Waals surface area contributed by atoms with Gasteiger partial charge in [-0.1, -0.05) is 0 Å². The second-order valence-corrected chi connectivity index (χ2v) is 6.70. The summed E-state index contributed by atoms with van der Waals surface area (Å²) in [6.07, 6.45) is 3.37. The van der Waals surface area contributed by atoms with Crippen molar-refractivity contribution in [2.45, 2.75) is 70.7 Å². The van der Waals surface area contributed by atoms with Gasteiger partial charge in [0.1, 0.15) is 5.54 Å². The summed E-state index contributed by atoms with van der Waals surface area (Å²) >= 11 is 0. The SMILES string of the molecule is CCOC(=O)C(C)(CC(C)N1CCOC(C)C1)NC1CC1. The lowest BCUT2D eigenvalue weighted by molar-refractivity contribution is -0.151. The summed E-state index contributed by atoms with van der Waals surface area (Å²) < 4.78 is 10.9. The number of hydrogen-bond donors (Lipinski definition) is 1. The number of esters is 1. The number of hydrogen-bond acceptors (Lipinski definition) is 5. The molecular formula is C16H30N2O3. The Balaban J connectivity index is 1.97. The van der Waals surface area contributed by atoms with Crippen LogP contribution in [0.25, 0.3) is 0 Å². The Morgan fingerprint density at radius 2 is 2.24 bits per heavy atom. The summed E-state index contributed by atoms with van der Waals surface area (Å²) in [5.74, 6) is -0.120. The molecule has 1 saturated carbocycles. The van der Waals surface area contributed by atoms with Crippen molar-refractivity contribution < 1.29 is 14.3 Å². The Hall–Kier alpha value is -0.650. The van der Waals surface area contributed by atoms with Gasteiger partial charge in [-0.05, 0) is 47.0 Å². The first kappa shape index (κ1) is 16.7. The standard InChI is InChI=1S/C16H30N2O3/c1-5-20-15(19)16(4,17-14-6-7-14)10-12(2)18-8-9-21-13(3)11-18/h12-14,17H,5-11H2,1-4H3. The lowest BCUT2D eigenvalue weighted by atomic mass is 9.92. The van der Waals surface area contributed by atoms with E-state index in [2.05, 4.69) is 24.1 Å². The maximum Gasteiger partial charge on any atom is 0.326 e. The zero-order valence-corrected chi connectivity index (χ0v) is 13.9. The molecule has 122 valence electrons. The van der Waals surface area contributed by atoms with E-state index in [1.165, 1.54) is 0 Å². The van der Waals surface area contributed by atoms with E-state index >= 15 is 0 Å². The fourth-order valence-electron chi connectivity index (χ4n) is 3.14. The van der Waals surface area contributed by atoms with Crippen molar-refractivity contribution in [3.63, 3.8) is 0 Å². The molecule has 3 unspecified atom stereocenters. The van der Waals surface area contributed by atoms with E-state index in [9.17, 15) is 4.79 Å². The van der Waals surface area contributed by atoms with Crippen LogP contribution in [0.1, 0.15) is 47.0 Å². The van der Waals surface area contributed by atoms with Crippen LogP contribution in [0.2, 0.25) is 0 Å². The number of morpholine rings is 1. The second kappa shape index (κ2) is 7.07. The minimum absolute atomic E-state index is 0.120. The lowest BCUT2D eigenvalue weighted by Gasteiger charge is -2.39. The van der Waals surface area contributed by atoms with Gasteiger partial charge in [-0.2, -0.15) is 0 Å². The van der Waals surface area contributed by atoms with Gasteiger partial charge in [0.2, 0.25) is 0 Å². The molecule has 0 aromatic heterocycles. The molecule has 1 aliphatic heterocycles. The van der Waals surface area contributed by atoms with Gasteiger partial charge < -0.3 is 9.47 Å². The largest absolute Gasteiger partial charge is 0.465 e. The summed E-state index contributed by atoms with van der Waals surface area (Å²) in [5.41, 5.74) is -0.585. The van der Waals surface area contributed by atoms with Gasteiger partial charge in [-0.3, -0.25) is 15.0 Å². The molecule has 3 atom stereocenters. The van der Waals surface area contributed by atoms with Crippen molar-refractivity contribution in [3.8, 4) is 0 Å². The van der Waals surface area contributed by atoms with Gasteiger partial charge in [0.15, 0.2) is 0 Å². The predicted octanol–water partition coefficient (Wildman–Crippen LogP) is 1.56. The molecule has 1 aliphatic carbocycles. The molecule has 2 rings (SSSR count). The molecule has 0 amide bonds. The summed E-state index contributed by atoms with van der Waals surface area (Å²) in [6.45, 7) is 11.2. The van der Waals surface area contributed by atoms with E-state index in [1.807, 2.05) is 13.8 Å². The summed E-state index contributed by atoms with van der Waals surface area (Å²) in [5, 5.41) is 3.50. The van der Waals surface area contributed by atoms with Crippen LogP contribution >= 0.6 is 0 Å². The molecule has 1 saturated heterocycles. The van der Waals surface area contributed by atoms with Crippen LogP contribution in [0.5, 0.6) is 0 Å². The predicted molar refractivity (Wildman–Crippen MR) is 82.3 cm³/mol. The molecule has 0 aromatic rings. The molecule has 21 heavy (non-hydrogen) atoms. The minimum atomic E-state index is -0.585. The highest BCUT2D eigenvalue weighted by atomic mass is 16.5. The van der Waals surface area contributed by atoms with Crippen LogP contribution < -0.4 is 5.32 Å². The summed E-state index contributed by atoms with van der Waals surface area (Å²) in [4.78, 5) is 14.8. The average molecular weight is 298 g/mol. The Morgan fingerprint density at radius 3 is 2.81 bits per heavy atom. The minimum Gasteiger partial charge on any atom is -0.465 e. The van der Waals surface area contributed by atoms with Crippen molar-refractivity contribution in [3.05, 3.63) is 0 Å². The molecule has 5 nitrogen and oxygen atoms in total. The maximum atomic E-state index is 12.4. The molecule has 1 N–H and O–H groups in total. The van der Waals surface area contributed by atoms with Crippen molar-refractivity contribution in [2.75, 3.05) is 26.3 Å². The molecular weight excluding hydrogens is 268 g/mol. The van der Waals surface area contributed by atoms with E-state index in [0.717, 1.165) is 39.0 Å². The molecule has 2 aliphatic rings. The van der Waals surface area contributed by atoms with Gasteiger partial charge in [0.05, 0.1) is 19.3 Å². The topological polar surface area (TPSA) is 50.8 Å². The Bertz CT molecular complexity index is 359. The van der Waals surface area contributed by atoms with Crippen LogP contribution in [0.4, 0.5) is 0 Å². The van der Waals surface area contributed by atoms with E-state index in [4.69, 9.17) is 9.47 Å².